The van der Waals surface area contributed by atoms with Gasteiger partial charge < -0.3 is 10.2 Å². The van der Waals surface area contributed by atoms with Crippen LogP contribution in [0.5, 0.6) is 0 Å². The van der Waals surface area contributed by atoms with Crippen molar-refractivity contribution in [1.29, 1.82) is 5.26 Å². The Kier molecular flexibility index (Phi) is 4.60. The lowest BCUT2D eigenvalue weighted by atomic mass is 10.1. The fraction of sp³-hybridized carbons (Fsp3) is 0.533. The summed E-state index contributed by atoms with van der Waals surface area (Å²) in [7, 11) is 0. The quantitative estimate of drug-likeness (QED) is 0.864. The summed E-state index contributed by atoms with van der Waals surface area (Å²) in [5.41, 5.74) is 1.81. The number of nitriles is 1. The first-order valence-electron chi connectivity index (χ1n) is 6.74. The molecule has 0 aromatic heterocycles. The van der Waals surface area contributed by atoms with Crippen molar-refractivity contribution in [3.8, 4) is 6.07 Å². The average molecular weight is 243 g/mol. The average Bonchev–Trinajstić information content (AvgIpc) is 2.90. The van der Waals surface area contributed by atoms with Crippen LogP contribution in [0.2, 0.25) is 0 Å². The van der Waals surface area contributed by atoms with Crippen molar-refractivity contribution >= 4 is 5.69 Å². The molecule has 3 heteroatoms. The van der Waals surface area contributed by atoms with E-state index in [1.807, 2.05) is 24.3 Å². The molecule has 96 valence electrons. The second kappa shape index (κ2) is 6.42. The van der Waals surface area contributed by atoms with Gasteiger partial charge in [-0.15, -0.1) is 0 Å². The summed E-state index contributed by atoms with van der Waals surface area (Å²) in [6, 6.07) is 9.79. The minimum atomic E-state index is 0.652. The van der Waals surface area contributed by atoms with E-state index in [0.717, 1.165) is 12.2 Å². The number of benzene rings is 1. The van der Waals surface area contributed by atoms with E-state index in [4.69, 9.17) is 5.26 Å². The molecule has 1 aromatic rings. The van der Waals surface area contributed by atoms with Crippen molar-refractivity contribution in [2.75, 3.05) is 31.5 Å². The molecule has 0 bridgehead atoms. The molecule has 1 atom stereocenters. The van der Waals surface area contributed by atoms with E-state index >= 15 is 0 Å². The molecule has 18 heavy (non-hydrogen) atoms. The third-order valence-electron chi connectivity index (χ3n) is 3.44. The van der Waals surface area contributed by atoms with Crippen LogP contribution in [0.3, 0.4) is 0 Å². The Labute approximate surface area is 109 Å². The lowest BCUT2D eigenvalue weighted by Crippen LogP contribution is -2.28. The molecule has 1 aliphatic rings. The second-order valence-corrected chi connectivity index (χ2v) is 5.18. The summed E-state index contributed by atoms with van der Waals surface area (Å²) in [6.45, 7) is 6.99. The van der Waals surface area contributed by atoms with Crippen LogP contribution in [0.25, 0.3) is 0 Å². The number of nitrogens with one attached hydrogen (secondary N) is 1. The van der Waals surface area contributed by atoms with Crippen molar-refractivity contribution in [3.63, 3.8) is 0 Å². The summed E-state index contributed by atoms with van der Waals surface area (Å²) in [5, 5.41) is 12.2. The maximum Gasteiger partial charge on any atom is 0.0991 e. The zero-order valence-electron chi connectivity index (χ0n) is 11.0. The number of hydrogen-bond donors (Lipinski definition) is 1. The third kappa shape index (κ3) is 3.75. The normalized spacial score (nSPS) is 17.3. The van der Waals surface area contributed by atoms with E-state index in [9.17, 15) is 0 Å². The molecule has 0 amide bonds. The summed E-state index contributed by atoms with van der Waals surface area (Å²) >= 11 is 0. The molecular formula is C15H21N3. The highest BCUT2D eigenvalue weighted by Gasteiger charge is 2.14. The Bertz CT molecular complexity index is 399. The number of nitrogens with zero attached hydrogens (tertiary/aromatic N) is 2. The first kappa shape index (κ1) is 12.9. The van der Waals surface area contributed by atoms with Crippen LogP contribution in [0, 0.1) is 17.2 Å². The van der Waals surface area contributed by atoms with Gasteiger partial charge in [0.25, 0.3) is 0 Å². The van der Waals surface area contributed by atoms with Crippen LogP contribution < -0.4 is 5.32 Å². The predicted octanol–water partition coefficient (Wildman–Crippen LogP) is 2.70. The highest BCUT2D eigenvalue weighted by molar-refractivity contribution is 5.47. The van der Waals surface area contributed by atoms with Gasteiger partial charge in [0.15, 0.2) is 0 Å². The van der Waals surface area contributed by atoms with Gasteiger partial charge in [-0.1, -0.05) is 6.92 Å². The third-order valence-corrected chi connectivity index (χ3v) is 3.44. The van der Waals surface area contributed by atoms with Gasteiger partial charge in [0, 0.05) is 18.8 Å². The van der Waals surface area contributed by atoms with Crippen LogP contribution in [0.15, 0.2) is 24.3 Å². The SMILES string of the molecule is CC(CNc1ccc(C#N)cc1)CN1CCCC1. The largest absolute Gasteiger partial charge is 0.385 e. The van der Waals surface area contributed by atoms with Gasteiger partial charge in [-0.05, 0) is 56.1 Å². The highest BCUT2D eigenvalue weighted by Crippen LogP contribution is 2.12. The molecule has 1 N–H and O–H groups in total. The molecular weight excluding hydrogens is 222 g/mol. The summed E-state index contributed by atoms with van der Waals surface area (Å²) in [4.78, 5) is 2.55. The Morgan fingerprint density at radius 2 is 1.94 bits per heavy atom. The van der Waals surface area contributed by atoms with Crippen LogP contribution in [0.4, 0.5) is 5.69 Å². The van der Waals surface area contributed by atoms with Crippen molar-refractivity contribution in [2.45, 2.75) is 19.8 Å². The van der Waals surface area contributed by atoms with E-state index in [1.54, 1.807) is 0 Å². The molecule has 1 heterocycles. The monoisotopic (exact) mass is 243 g/mol. The first-order chi connectivity index (χ1) is 8.78. The lowest BCUT2D eigenvalue weighted by molar-refractivity contribution is 0.294. The van der Waals surface area contributed by atoms with Gasteiger partial charge >= 0.3 is 0 Å². The standard InChI is InChI=1S/C15H21N3/c1-13(12-18-8-2-3-9-18)11-17-15-6-4-14(10-16)5-7-15/h4-7,13,17H,2-3,8-9,11-12H2,1H3. The smallest absolute Gasteiger partial charge is 0.0991 e. The highest BCUT2D eigenvalue weighted by atomic mass is 15.1. The van der Waals surface area contributed by atoms with Crippen molar-refractivity contribution < 1.29 is 0 Å². The molecule has 2 rings (SSSR count). The molecule has 1 saturated heterocycles. The fourth-order valence-electron chi connectivity index (χ4n) is 2.43. The number of likely N-dealkylation sites (tertiary alicyclic amines) is 1. The van der Waals surface area contributed by atoms with Crippen LogP contribution in [-0.2, 0) is 0 Å². The molecule has 1 fully saturated rings. The van der Waals surface area contributed by atoms with Gasteiger partial charge in [0.2, 0.25) is 0 Å². The Morgan fingerprint density at radius 3 is 2.56 bits per heavy atom. The lowest BCUT2D eigenvalue weighted by Gasteiger charge is -2.20. The van der Waals surface area contributed by atoms with Gasteiger partial charge in [-0.2, -0.15) is 5.26 Å². The molecule has 0 radical (unpaired) electrons. The van der Waals surface area contributed by atoms with E-state index in [-0.39, 0.29) is 0 Å². The Morgan fingerprint density at radius 1 is 1.28 bits per heavy atom. The number of rotatable bonds is 5. The summed E-state index contributed by atoms with van der Waals surface area (Å²) in [5.74, 6) is 0.652. The van der Waals surface area contributed by atoms with Crippen LogP contribution >= 0.6 is 0 Å². The maximum absolute atomic E-state index is 8.73. The number of anilines is 1. The van der Waals surface area contributed by atoms with E-state index in [1.165, 1.54) is 32.5 Å². The molecule has 1 aliphatic heterocycles. The Hall–Kier alpha value is -1.53. The molecule has 1 aromatic carbocycles. The summed E-state index contributed by atoms with van der Waals surface area (Å²) < 4.78 is 0. The minimum Gasteiger partial charge on any atom is -0.385 e. The van der Waals surface area contributed by atoms with Crippen molar-refractivity contribution in [2.24, 2.45) is 5.92 Å². The molecule has 3 nitrogen and oxygen atoms in total. The molecule has 0 spiro atoms. The van der Waals surface area contributed by atoms with Gasteiger partial charge in [-0.25, -0.2) is 0 Å². The molecule has 1 unspecified atom stereocenters. The summed E-state index contributed by atoms with van der Waals surface area (Å²) in [6.07, 6.45) is 2.71. The van der Waals surface area contributed by atoms with Crippen molar-refractivity contribution in [1.82, 2.24) is 4.90 Å². The second-order valence-electron chi connectivity index (χ2n) is 5.18. The molecule has 0 saturated carbocycles. The zero-order chi connectivity index (χ0) is 12.8. The maximum atomic E-state index is 8.73. The fourth-order valence-corrected chi connectivity index (χ4v) is 2.43. The van der Waals surface area contributed by atoms with Gasteiger partial charge in [0.05, 0.1) is 11.6 Å². The van der Waals surface area contributed by atoms with Crippen molar-refractivity contribution in [3.05, 3.63) is 29.8 Å². The van der Waals surface area contributed by atoms with Gasteiger partial charge in [0.1, 0.15) is 0 Å². The first-order valence-corrected chi connectivity index (χ1v) is 6.74. The van der Waals surface area contributed by atoms with E-state index < -0.39 is 0 Å². The zero-order valence-corrected chi connectivity index (χ0v) is 11.0. The molecule has 0 aliphatic carbocycles. The topological polar surface area (TPSA) is 39.1 Å². The Balaban J connectivity index is 1.74. The number of hydrogen-bond acceptors (Lipinski definition) is 3. The van der Waals surface area contributed by atoms with Gasteiger partial charge in [-0.3, -0.25) is 0 Å². The predicted molar refractivity (Wildman–Crippen MR) is 74.5 cm³/mol. The van der Waals surface area contributed by atoms with E-state index in [2.05, 4.69) is 23.2 Å². The minimum absolute atomic E-state index is 0.652. The van der Waals surface area contributed by atoms with E-state index in [0.29, 0.717) is 11.5 Å². The van der Waals surface area contributed by atoms with Crippen LogP contribution in [-0.4, -0.2) is 31.1 Å². The van der Waals surface area contributed by atoms with Crippen LogP contribution in [0.1, 0.15) is 25.3 Å².